The van der Waals surface area contributed by atoms with Crippen LogP contribution in [0.15, 0.2) is 30.3 Å². The van der Waals surface area contributed by atoms with Gasteiger partial charge in [-0.15, -0.1) is 0 Å². The van der Waals surface area contributed by atoms with E-state index in [0.717, 1.165) is 10.8 Å². The minimum Gasteiger partial charge on any atom is -0.399 e. The van der Waals surface area contributed by atoms with Gasteiger partial charge < -0.3 is 9.31 Å². The number of benzene rings is 2. The van der Waals surface area contributed by atoms with Crippen LogP contribution in [0, 0.1) is 5.82 Å². The van der Waals surface area contributed by atoms with Gasteiger partial charge in [0.15, 0.2) is 0 Å². The van der Waals surface area contributed by atoms with Crippen LogP contribution in [-0.4, -0.2) is 18.3 Å². The van der Waals surface area contributed by atoms with E-state index in [1.807, 2.05) is 45.9 Å². The van der Waals surface area contributed by atoms with Crippen molar-refractivity contribution in [1.29, 1.82) is 0 Å². The summed E-state index contributed by atoms with van der Waals surface area (Å²) in [6.07, 6.45) is 0. The number of halogens is 2. The van der Waals surface area contributed by atoms with E-state index in [0.29, 0.717) is 5.39 Å². The maximum absolute atomic E-state index is 13.8. The van der Waals surface area contributed by atoms with Crippen molar-refractivity contribution in [2.75, 3.05) is 0 Å². The molecule has 0 saturated carbocycles. The van der Waals surface area contributed by atoms with Gasteiger partial charge in [0.2, 0.25) is 0 Å². The first-order chi connectivity index (χ1) is 9.73. The Morgan fingerprint density at radius 3 is 2.18 bits per heavy atom. The number of hydrogen-bond donors (Lipinski definition) is 0. The molecule has 0 aromatic heterocycles. The molecule has 0 unspecified atom stereocenters. The van der Waals surface area contributed by atoms with Crippen LogP contribution in [0.3, 0.4) is 0 Å². The molecule has 2 nitrogen and oxygen atoms in total. The Kier molecular flexibility index (Phi) is 4.33. The monoisotopic (exact) mass is 322 g/mol. The molecule has 1 fully saturated rings. The van der Waals surface area contributed by atoms with Crippen LogP contribution < -0.4 is 5.46 Å². The predicted octanol–water partition coefficient (Wildman–Crippen LogP) is 4.57. The van der Waals surface area contributed by atoms with Gasteiger partial charge >= 0.3 is 7.12 Å². The van der Waals surface area contributed by atoms with Crippen LogP contribution in [0.4, 0.5) is 4.39 Å². The number of fused-ring (bicyclic) bond motifs is 1. The third-order valence-electron chi connectivity index (χ3n) is 4.47. The minimum absolute atomic E-state index is 0. The molecule has 118 valence electrons. The summed E-state index contributed by atoms with van der Waals surface area (Å²) in [5, 5.41) is 1.63. The fourth-order valence-corrected chi connectivity index (χ4v) is 2.78. The average Bonchev–Trinajstić information content (AvgIpc) is 2.62. The third-order valence-corrected chi connectivity index (χ3v) is 4.84. The molecule has 0 aliphatic carbocycles. The van der Waals surface area contributed by atoms with Gasteiger partial charge in [-0.25, -0.2) is 4.39 Å². The standard InChI is InChI=1S/C16H17BClFO2.CH4/c1-15(2)16(3,4)21-17(20-15)11-7-5-6-10-8-9-12(19)14(18)13(10)11;/h5-9H,1-4H3;1H4. The largest absolute Gasteiger partial charge is 0.495 e. The fourth-order valence-electron chi connectivity index (χ4n) is 2.50. The van der Waals surface area contributed by atoms with E-state index in [-0.39, 0.29) is 12.4 Å². The summed E-state index contributed by atoms with van der Waals surface area (Å²) in [6.45, 7) is 7.95. The average molecular weight is 323 g/mol. The molecule has 0 N–H and O–H groups in total. The molecule has 1 aliphatic rings. The number of hydrogen-bond acceptors (Lipinski definition) is 2. The van der Waals surface area contributed by atoms with Gasteiger partial charge in [-0.3, -0.25) is 0 Å². The number of rotatable bonds is 1. The Morgan fingerprint density at radius 2 is 1.59 bits per heavy atom. The van der Waals surface area contributed by atoms with E-state index < -0.39 is 24.1 Å². The molecule has 1 heterocycles. The topological polar surface area (TPSA) is 18.5 Å². The van der Waals surface area contributed by atoms with Gasteiger partial charge in [-0.2, -0.15) is 0 Å². The van der Waals surface area contributed by atoms with E-state index in [9.17, 15) is 4.39 Å². The maximum Gasteiger partial charge on any atom is 0.495 e. The van der Waals surface area contributed by atoms with Gasteiger partial charge in [0.1, 0.15) is 5.82 Å². The molecular weight excluding hydrogens is 301 g/mol. The van der Waals surface area contributed by atoms with Crippen molar-refractivity contribution in [3.63, 3.8) is 0 Å². The molecule has 0 atom stereocenters. The first-order valence-electron chi connectivity index (χ1n) is 6.95. The summed E-state index contributed by atoms with van der Waals surface area (Å²) in [5.41, 5.74) is -0.130. The molecule has 0 amide bonds. The zero-order valence-corrected chi connectivity index (χ0v) is 13.3. The van der Waals surface area contributed by atoms with Crippen LogP contribution in [0.2, 0.25) is 5.02 Å². The summed E-state index contributed by atoms with van der Waals surface area (Å²) >= 11 is 6.17. The fraction of sp³-hybridized carbons (Fsp3) is 0.412. The van der Waals surface area contributed by atoms with Crippen molar-refractivity contribution in [3.8, 4) is 0 Å². The lowest BCUT2D eigenvalue weighted by atomic mass is 9.76. The summed E-state index contributed by atoms with van der Waals surface area (Å²) in [7, 11) is -0.557. The molecule has 1 aliphatic heterocycles. The Morgan fingerprint density at radius 1 is 1.00 bits per heavy atom. The van der Waals surface area contributed by atoms with Crippen LogP contribution in [0.5, 0.6) is 0 Å². The predicted molar refractivity (Wildman–Crippen MR) is 91.4 cm³/mol. The molecule has 2 aromatic rings. The third kappa shape index (κ3) is 2.53. The molecule has 0 spiro atoms. The Hall–Kier alpha value is -1.10. The molecule has 0 bridgehead atoms. The molecule has 2 aromatic carbocycles. The Balaban J connectivity index is 0.00000176. The molecule has 3 rings (SSSR count). The maximum atomic E-state index is 13.8. The lowest BCUT2D eigenvalue weighted by molar-refractivity contribution is 0.00578. The van der Waals surface area contributed by atoms with Crippen LogP contribution >= 0.6 is 11.6 Å². The second-order valence-corrected chi connectivity index (χ2v) is 6.77. The highest BCUT2D eigenvalue weighted by molar-refractivity contribution is 6.66. The molecule has 5 heteroatoms. The highest BCUT2D eigenvalue weighted by Crippen LogP contribution is 2.37. The summed E-state index contributed by atoms with van der Waals surface area (Å²) in [6, 6.07) is 8.76. The Labute approximate surface area is 136 Å². The van der Waals surface area contributed by atoms with Crippen LogP contribution in [0.25, 0.3) is 10.8 Å². The molecule has 1 saturated heterocycles. The zero-order valence-electron chi connectivity index (χ0n) is 12.5. The van der Waals surface area contributed by atoms with Crippen molar-refractivity contribution in [3.05, 3.63) is 41.2 Å². The SMILES string of the molecule is C.CC1(C)OB(c2cccc3ccc(F)c(Cl)c23)OC1(C)C. The quantitative estimate of drug-likeness (QED) is 0.716. The van der Waals surface area contributed by atoms with E-state index in [2.05, 4.69) is 0 Å². The zero-order chi connectivity index (χ0) is 15.4. The molecule has 0 radical (unpaired) electrons. The smallest absolute Gasteiger partial charge is 0.399 e. The van der Waals surface area contributed by atoms with Crippen molar-refractivity contribution in [1.82, 2.24) is 0 Å². The van der Waals surface area contributed by atoms with E-state index in [1.54, 1.807) is 6.07 Å². The second kappa shape index (κ2) is 5.52. The van der Waals surface area contributed by atoms with Crippen molar-refractivity contribution in [2.45, 2.75) is 46.3 Å². The van der Waals surface area contributed by atoms with E-state index in [1.165, 1.54) is 6.07 Å². The summed E-state index contributed by atoms with van der Waals surface area (Å²) in [5.74, 6) is -0.437. The highest BCUT2D eigenvalue weighted by Gasteiger charge is 2.52. The highest BCUT2D eigenvalue weighted by atomic mass is 35.5. The second-order valence-electron chi connectivity index (χ2n) is 6.39. The van der Waals surface area contributed by atoms with Gasteiger partial charge in [0.25, 0.3) is 0 Å². The van der Waals surface area contributed by atoms with Gasteiger partial charge in [-0.1, -0.05) is 43.3 Å². The van der Waals surface area contributed by atoms with E-state index in [4.69, 9.17) is 20.9 Å². The molecule has 22 heavy (non-hydrogen) atoms. The summed E-state index contributed by atoms with van der Waals surface area (Å²) in [4.78, 5) is 0. The van der Waals surface area contributed by atoms with Gasteiger partial charge in [-0.05, 0) is 44.6 Å². The van der Waals surface area contributed by atoms with Gasteiger partial charge in [0.05, 0.1) is 16.2 Å². The first-order valence-corrected chi connectivity index (χ1v) is 7.33. The van der Waals surface area contributed by atoms with Crippen molar-refractivity contribution < 1.29 is 13.7 Å². The Bertz CT molecular complexity index is 699. The molecular formula is C17H21BClFO2. The van der Waals surface area contributed by atoms with Crippen molar-refractivity contribution in [2.24, 2.45) is 0 Å². The minimum atomic E-state index is -0.557. The lowest BCUT2D eigenvalue weighted by Gasteiger charge is -2.32. The van der Waals surface area contributed by atoms with Crippen molar-refractivity contribution >= 4 is 35.0 Å². The van der Waals surface area contributed by atoms with E-state index >= 15 is 0 Å². The summed E-state index contributed by atoms with van der Waals surface area (Å²) < 4.78 is 25.9. The normalized spacial score (nSPS) is 19.3. The van der Waals surface area contributed by atoms with Gasteiger partial charge in [0, 0.05) is 5.39 Å². The van der Waals surface area contributed by atoms with Crippen LogP contribution in [-0.2, 0) is 9.31 Å². The van der Waals surface area contributed by atoms with Crippen LogP contribution in [0.1, 0.15) is 35.1 Å². The lowest BCUT2D eigenvalue weighted by Crippen LogP contribution is -2.41. The first kappa shape index (κ1) is 17.3.